The van der Waals surface area contributed by atoms with Crippen LogP contribution in [0.4, 0.5) is 0 Å². The molecule has 3 nitrogen and oxygen atoms in total. The third-order valence-electron chi connectivity index (χ3n) is 3.21. The van der Waals surface area contributed by atoms with Crippen molar-refractivity contribution in [3.8, 4) is 0 Å². The maximum Gasteiger partial charge on any atom is 0.225 e. The Balaban J connectivity index is 2.45. The van der Waals surface area contributed by atoms with E-state index in [9.17, 15) is 4.79 Å². The normalized spacial score (nSPS) is 26.6. The summed E-state index contributed by atoms with van der Waals surface area (Å²) in [6, 6.07) is 0.317. The molecule has 16 heavy (non-hydrogen) atoms. The predicted octanol–water partition coefficient (Wildman–Crippen LogP) is 2.01. The first kappa shape index (κ1) is 13.5. The summed E-state index contributed by atoms with van der Waals surface area (Å²) < 4.78 is 0. The summed E-state index contributed by atoms with van der Waals surface area (Å²) in [6.45, 7) is 7.31. The van der Waals surface area contributed by atoms with Crippen LogP contribution in [0.3, 0.4) is 0 Å². The van der Waals surface area contributed by atoms with Crippen LogP contribution >= 0.6 is 0 Å². The molecule has 3 heteroatoms. The van der Waals surface area contributed by atoms with E-state index in [2.05, 4.69) is 20.8 Å². The summed E-state index contributed by atoms with van der Waals surface area (Å²) in [7, 11) is 1.92. The van der Waals surface area contributed by atoms with E-state index in [1.165, 1.54) is 0 Å². The van der Waals surface area contributed by atoms with Gasteiger partial charge in [0, 0.05) is 25.6 Å². The predicted molar refractivity (Wildman–Crippen MR) is 67.0 cm³/mol. The highest BCUT2D eigenvalue weighted by molar-refractivity contribution is 5.78. The fourth-order valence-corrected chi connectivity index (χ4v) is 2.47. The smallest absolute Gasteiger partial charge is 0.225 e. The van der Waals surface area contributed by atoms with Crippen molar-refractivity contribution in [1.29, 1.82) is 0 Å². The zero-order chi connectivity index (χ0) is 12.3. The molecule has 94 valence electrons. The fourth-order valence-electron chi connectivity index (χ4n) is 2.47. The standard InChI is InChI=1S/C13H26N2O/c1-13(2,3)9-15(4)12(16)10-5-7-11(14)8-6-10/h10-11H,5-9,14H2,1-4H3. The van der Waals surface area contributed by atoms with Crippen LogP contribution in [0.25, 0.3) is 0 Å². The lowest BCUT2D eigenvalue weighted by Crippen LogP contribution is -2.40. The average Bonchev–Trinajstić information content (AvgIpc) is 2.15. The third-order valence-corrected chi connectivity index (χ3v) is 3.21. The second-order valence-corrected chi connectivity index (χ2v) is 6.37. The van der Waals surface area contributed by atoms with Gasteiger partial charge in [-0.2, -0.15) is 0 Å². The summed E-state index contributed by atoms with van der Waals surface area (Å²) in [4.78, 5) is 14.1. The first-order valence-corrected chi connectivity index (χ1v) is 6.30. The van der Waals surface area contributed by atoms with E-state index in [0.29, 0.717) is 11.9 Å². The first-order valence-electron chi connectivity index (χ1n) is 6.30. The van der Waals surface area contributed by atoms with E-state index in [1.807, 2.05) is 11.9 Å². The molecule has 0 aliphatic heterocycles. The Kier molecular flexibility index (Phi) is 4.36. The number of hydrogen-bond donors (Lipinski definition) is 1. The van der Waals surface area contributed by atoms with Crippen LogP contribution in [0, 0.1) is 11.3 Å². The lowest BCUT2D eigenvalue weighted by atomic mass is 9.85. The molecule has 0 atom stereocenters. The molecule has 1 aliphatic rings. The van der Waals surface area contributed by atoms with Crippen LogP contribution in [0.2, 0.25) is 0 Å². The van der Waals surface area contributed by atoms with Crippen molar-refractivity contribution in [2.45, 2.75) is 52.5 Å². The number of carbonyl (C=O) groups excluding carboxylic acids is 1. The Morgan fingerprint density at radius 1 is 1.25 bits per heavy atom. The van der Waals surface area contributed by atoms with Gasteiger partial charge in [0.05, 0.1) is 0 Å². The van der Waals surface area contributed by atoms with E-state index < -0.39 is 0 Å². The summed E-state index contributed by atoms with van der Waals surface area (Å²) in [6.07, 6.45) is 3.93. The summed E-state index contributed by atoms with van der Waals surface area (Å²) in [5, 5.41) is 0. The Bertz CT molecular complexity index is 237. The van der Waals surface area contributed by atoms with Gasteiger partial charge in [-0.25, -0.2) is 0 Å². The van der Waals surface area contributed by atoms with Crippen LogP contribution in [-0.2, 0) is 4.79 Å². The number of nitrogens with two attached hydrogens (primary N) is 1. The molecule has 1 rings (SSSR count). The van der Waals surface area contributed by atoms with Gasteiger partial charge in [0.2, 0.25) is 5.91 Å². The molecule has 1 aliphatic carbocycles. The minimum Gasteiger partial charge on any atom is -0.345 e. The highest BCUT2D eigenvalue weighted by atomic mass is 16.2. The molecule has 1 amide bonds. The van der Waals surface area contributed by atoms with Gasteiger partial charge in [-0.1, -0.05) is 20.8 Å². The van der Waals surface area contributed by atoms with E-state index in [0.717, 1.165) is 32.2 Å². The highest BCUT2D eigenvalue weighted by Crippen LogP contribution is 2.25. The van der Waals surface area contributed by atoms with Crippen LogP contribution in [0.15, 0.2) is 0 Å². The molecule has 2 N–H and O–H groups in total. The second kappa shape index (κ2) is 5.17. The Morgan fingerprint density at radius 2 is 1.75 bits per heavy atom. The molecule has 0 heterocycles. The zero-order valence-electron chi connectivity index (χ0n) is 11.1. The second-order valence-electron chi connectivity index (χ2n) is 6.37. The summed E-state index contributed by atoms with van der Waals surface area (Å²) >= 11 is 0. The molecule has 0 radical (unpaired) electrons. The molecule has 1 fully saturated rings. The van der Waals surface area contributed by atoms with Gasteiger partial charge in [0.15, 0.2) is 0 Å². The number of hydrogen-bond acceptors (Lipinski definition) is 2. The molecular formula is C13H26N2O. The van der Waals surface area contributed by atoms with Crippen molar-refractivity contribution in [3.63, 3.8) is 0 Å². The van der Waals surface area contributed by atoms with E-state index in [-0.39, 0.29) is 11.3 Å². The average molecular weight is 226 g/mol. The maximum absolute atomic E-state index is 12.2. The van der Waals surface area contributed by atoms with Crippen molar-refractivity contribution in [3.05, 3.63) is 0 Å². The number of nitrogens with zero attached hydrogens (tertiary/aromatic N) is 1. The third kappa shape index (κ3) is 4.12. The quantitative estimate of drug-likeness (QED) is 0.783. The Morgan fingerprint density at radius 3 is 2.19 bits per heavy atom. The molecule has 0 saturated heterocycles. The molecule has 0 bridgehead atoms. The van der Waals surface area contributed by atoms with E-state index in [1.54, 1.807) is 0 Å². The van der Waals surface area contributed by atoms with E-state index in [4.69, 9.17) is 5.73 Å². The van der Waals surface area contributed by atoms with E-state index >= 15 is 0 Å². The van der Waals surface area contributed by atoms with Crippen molar-refractivity contribution in [1.82, 2.24) is 4.90 Å². The van der Waals surface area contributed by atoms with Gasteiger partial charge < -0.3 is 10.6 Å². The van der Waals surface area contributed by atoms with Gasteiger partial charge in [-0.05, 0) is 31.1 Å². The number of rotatable bonds is 2. The SMILES string of the molecule is CN(CC(C)(C)C)C(=O)C1CCC(N)CC1. The minimum absolute atomic E-state index is 0.176. The zero-order valence-corrected chi connectivity index (χ0v) is 11.1. The largest absolute Gasteiger partial charge is 0.345 e. The molecule has 0 aromatic rings. The van der Waals surface area contributed by atoms with Crippen molar-refractivity contribution in [2.24, 2.45) is 17.1 Å². The van der Waals surface area contributed by atoms with Gasteiger partial charge in [0.1, 0.15) is 0 Å². The fraction of sp³-hybridized carbons (Fsp3) is 0.923. The molecule has 0 unspecified atom stereocenters. The molecule has 0 aromatic carbocycles. The minimum atomic E-state index is 0.176. The Labute approximate surface area is 99.4 Å². The van der Waals surface area contributed by atoms with Gasteiger partial charge in [-0.3, -0.25) is 4.79 Å². The van der Waals surface area contributed by atoms with Crippen molar-refractivity contribution in [2.75, 3.05) is 13.6 Å². The van der Waals surface area contributed by atoms with Gasteiger partial charge in [0.25, 0.3) is 0 Å². The maximum atomic E-state index is 12.2. The van der Waals surface area contributed by atoms with Crippen molar-refractivity contribution >= 4 is 5.91 Å². The van der Waals surface area contributed by atoms with Crippen LogP contribution < -0.4 is 5.73 Å². The monoisotopic (exact) mass is 226 g/mol. The molecule has 1 saturated carbocycles. The molecule has 0 aromatic heterocycles. The van der Waals surface area contributed by atoms with Crippen molar-refractivity contribution < 1.29 is 4.79 Å². The first-order chi connectivity index (χ1) is 7.29. The van der Waals surface area contributed by atoms with Gasteiger partial charge in [-0.15, -0.1) is 0 Å². The lowest BCUT2D eigenvalue weighted by molar-refractivity contribution is -0.136. The lowest BCUT2D eigenvalue weighted by Gasteiger charge is -2.32. The summed E-state index contributed by atoms with van der Waals surface area (Å²) in [5.41, 5.74) is 6.03. The highest BCUT2D eigenvalue weighted by Gasteiger charge is 2.28. The number of carbonyl (C=O) groups is 1. The van der Waals surface area contributed by atoms with Crippen LogP contribution in [0.1, 0.15) is 46.5 Å². The number of amides is 1. The van der Waals surface area contributed by atoms with Crippen LogP contribution in [-0.4, -0.2) is 30.4 Å². The molecular weight excluding hydrogens is 200 g/mol. The Hall–Kier alpha value is -0.570. The molecule has 0 spiro atoms. The van der Waals surface area contributed by atoms with Crippen LogP contribution in [0.5, 0.6) is 0 Å². The van der Waals surface area contributed by atoms with Gasteiger partial charge >= 0.3 is 0 Å². The topological polar surface area (TPSA) is 46.3 Å². The summed E-state index contributed by atoms with van der Waals surface area (Å²) in [5.74, 6) is 0.522.